The number of anilines is 1. The number of hydrogen-bond donors (Lipinski definition) is 1. The summed E-state index contributed by atoms with van der Waals surface area (Å²) in [6.45, 7) is 0. The summed E-state index contributed by atoms with van der Waals surface area (Å²) >= 11 is 5.86. The van der Waals surface area contributed by atoms with Crippen LogP contribution in [0, 0.1) is 0 Å². The first-order chi connectivity index (χ1) is 9.18. The molecule has 2 aromatic rings. The fraction of sp³-hybridized carbons (Fsp3) is 0. The maximum atomic E-state index is 11.8. The topological polar surface area (TPSA) is 49.4 Å². The van der Waals surface area contributed by atoms with Gasteiger partial charge in [-0.05, 0) is 24.3 Å². The van der Waals surface area contributed by atoms with E-state index in [0.29, 0.717) is 11.3 Å². The van der Waals surface area contributed by atoms with E-state index in [1.54, 1.807) is 60.7 Å². The molecule has 3 amide bonds. The fourth-order valence-electron chi connectivity index (χ4n) is 1.48. The van der Waals surface area contributed by atoms with Crippen LogP contribution in [0.15, 0.2) is 60.7 Å². The smallest absolute Gasteiger partial charge is 0.272 e. The van der Waals surface area contributed by atoms with Crippen LogP contribution in [0.3, 0.4) is 0 Å². The third-order valence-electron chi connectivity index (χ3n) is 2.42. The Labute approximate surface area is 115 Å². The molecule has 1 N–H and O–H groups in total. The normalized spacial score (nSPS) is 9.74. The van der Waals surface area contributed by atoms with E-state index in [9.17, 15) is 9.59 Å². The van der Waals surface area contributed by atoms with Gasteiger partial charge in [-0.3, -0.25) is 10.1 Å². The molecule has 5 heteroatoms. The zero-order valence-corrected chi connectivity index (χ0v) is 10.7. The average Bonchev–Trinajstić information content (AvgIpc) is 2.48. The van der Waals surface area contributed by atoms with Crippen molar-refractivity contribution in [2.24, 2.45) is 0 Å². The summed E-state index contributed by atoms with van der Waals surface area (Å²) in [6, 6.07) is 16.4. The van der Waals surface area contributed by atoms with Crippen molar-refractivity contribution in [2.45, 2.75) is 0 Å². The van der Waals surface area contributed by atoms with Gasteiger partial charge in [-0.1, -0.05) is 36.4 Å². The summed E-state index contributed by atoms with van der Waals surface area (Å²) in [5, 5.41) is 2.21. The van der Waals surface area contributed by atoms with E-state index in [1.807, 2.05) is 0 Å². The van der Waals surface area contributed by atoms with Gasteiger partial charge in [0.15, 0.2) is 0 Å². The summed E-state index contributed by atoms with van der Waals surface area (Å²) in [4.78, 5) is 23.6. The van der Waals surface area contributed by atoms with Crippen molar-refractivity contribution in [1.29, 1.82) is 0 Å². The largest absolute Gasteiger partial charge is 0.343 e. The number of hydrogen-bond acceptors (Lipinski definition) is 2. The van der Waals surface area contributed by atoms with Crippen molar-refractivity contribution >= 4 is 29.4 Å². The van der Waals surface area contributed by atoms with Crippen LogP contribution in [0.2, 0.25) is 0 Å². The van der Waals surface area contributed by atoms with Crippen LogP contribution in [-0.4, -0.2) is 11.9 Å². The molecule has 0 aliphatic rings. The number of nitrogens with one attached hydrogen (secondary N) is 1. The maximum absolute atomic E-state index is 11.8. The first-order valence-electron chi connectivity index (χ1n) is 5.60. The second kappa shape index (κ2) is 6.02. The van der Waals surface area contributed by atoms with Gasteiger partial charge in [0.25, 0.3) is 5.91 Å². The summed E-state index contributed by atoms with van der Waals surface area (Å²) in [5.74, 6) is -0.493. The first-order valence-corrected chi connectivity index (χ1v) is 5.93. The van der Waals surface area contributed by atoms with Crippen LogP contribution in [-0.2, 0) is 0 Å². The number of urea groups is 1. The summed E-state index contributed by atoms with van der Waals surface area (Å²) in [5.41, 5.74) is 0.886. The third kappa shape index (κ3) is 3.33. The van der Waals surface area contributed by atoms with E-state index in [2.05, 4.69) is 5.32 Å². The van der Waals surface area contributed by atoms with E-state index >= 15 is 0 Å². The minimum Gasteiger partial charge on any atom is -0.272 e. The highest BCUT2D eigenvalue weighted by Crippen LogP contribution is 2.15. The molecule has 0 aliphatic heterocycles. The van der Waals surface area contributed by atoms with Crippen molar-refractivity contribution in [3.63, 3.8) is 0 Å². The lowest BCUT2D eigenvalue weighted by Crippen LogP contribution is -2.38. The number of imide groups is 1. The molecule has 0 radical (unpaired) electrons. The molecule has 0 atom stereocenters. The molecule has 0 saturated heterocycles. The Balaban J connectivity index is 2.04. The molecule has 96 valence electrons. The quantitative estimate of drug-likeness (QED) is 0.855. The van der Waals surface area contributed by atoms with Crippen LogP contribution >= 0.6 is 11.8 Å². The zero-order valence-electron chi connectivity index (χ0n) is 9.92. The number of rotatable bonds is 2. The summed E-state index contributed by atoms with van der Waals surface area (Å²) in [6.07, 6.45) is 0. The molecular formula is C14H11ClN2O2. The van der Waals surface area contributed by atoms with Gasteiger partial charge in [0, 0.05) is 17.3 Å². The van der Waals surface area contributed by atoms with Crippen molar-refractivity contribution in [3.05, 3.63) is 66.2 Å². The molecule has 0 unspecified atom stereocenters. The molecule has 19 heavy (non-hydrogen) atoms. The van der Waals surface area contributed by atoms with Crippen molar-refractivity contribution < 1.29 is 9.59 Å². The van der Waals surface area contributed by atoms with Gasteiger partial charge >= 0.3 is 6.03 Å². The standard InChI is InChI=1S/C14H11ClN2O2/c15-17(12-9-5-2-6-10-12)14(19)16-13(18)11-7-3-1-4-8-11/h1-10H,(H,16,18,19). The third-order valence-corrected chi connectivity index (χ3v) is 2.77. The lowest BCUT2D eigenvalue weighted by molar-refractivity contribution is 0.0966. The highest BCUT2D eigenvalue weighted by atomic mass is 35.5. The maximum Gasteiger partial charge on any atom is 0.343 e. The van der Waals surface area contributed by atoms with Gasteiger partial charge < -0.3 is 0 Å². The van der Waals surface area contributed by atoms with Crippen LogP contribution in [0.1, 0.15) is 10.4 Å². The Bertz CT molecular complexity index is 573. The molecule has 4 nitrogen and oxygen atoms in total. The highest BCUT2D eigenvalue weighted by molar-refractivity contribution is 6.37. The van der Waals surface area contributed by atoms with Gasteiger partial charge in [-0.15, -0.1) is 0 Å². The molecule has 0 aliphatic carbocycles. The Kier molecular flexibility index (Phi) is 4.15. The van der Waals surface area contributed by atoms with E-state index in [1.165, 1.54) is 0 Å². The van der Waals surface area contributed by atoms with Gasteiger partial charge in [0.1, 0.15) is 0 Å². The minimum atomic E-state index is -0.693. The predicted octanol–water partition coefficient (Wildman–Crippen LogP) is 3.20. The molecule has 0 aromatic heterocycles. The minimum absolute atomic E-state index is 0.397. The SMILES string of the molecule is O=C(NC(=O)N(Cl)c1ccccc1)c1ccccc1. The molecular weight excluding hydrogens is 264 g/mol. The summed E-state index contributed by atoms with van der Waals surface area (Å²) < 4.78 is 0.862. The Morgan fingerprint density at radius 3 is 2.00 bits per heavy atom. The number of carbonyl (C=O) groups excluding carboxylic acids is 2. The molecule has 0 bridgehead atoms. The first kappa shape index (κ1) is 13.1. The van der Waals surface area contributed by atoms with Crippen LogP contribution in [0.25, 0.3) is 0 Å². The molecule has 2 rings (SSSR count). The number of carbonyl (C=O) groups is 2. The van der Waals surface area contributed by atoms with Crippen LogP contribution < -0.4 is 9.74 Å². The number of halogens is 1. The van der Waals surface area contributed by atoms with Gasteiger partial charge in [0.05, 0.1) is 5.69 Å². The lowest BCUT2D eigenvalue weighted by atomic mass is 10.2. The molecule has 0 spiro atoms. The van der Waals surface area contributed by atoms with E-state index in [0.717, 1.165) is 4.42 Å². The van der Waals surface area contributed by atoms with Crippen LogP contribution in [0.5, 0.6) is 0 Å². The molecule has 0 saturated carbocycles. The number of nitrogens with zero attached hydrogens (tertiary/aromatic N) is 1. The molecule has 0 heterocycles. The van der Waals surface area contributed by atoms with E-state index < -0.39 is 11.9 Å². The summed E-state index contributed by atoms with van der Waals surface area (Å²) in [7, 11) is 0. The van der Waals surface area contributed by atoms with E-state index in [4.69, 9.17) is 11.8 Å². The van der Waals surface area contributed by atoms with Crippen LogP contribution in [0.4, 0.5) is 10.5 Å². The van der Waals surface area contributed by atoms with Crippen molar-refractivity contribution in [3.8, 4) is 0 Å². The van der Waals surface area contributed by atoms with Crippen molar-refractivity contribution in [2.75, 3.05) is 4.42 Å². The lowest BCUT2D eigenvalue weighted by Gasteiger charge is -2.13. The van der Waals surface area contributed by atoms with Crippen molar-refractivity contribution in [1.82, 2.24) is 5.32 Å². The number of para-hydroxylation sites is 1. The Morgan fingerprint density at radius 2 is 1.42 bits per heavy atom. The number of benzene rings is 2. The van der Waals surface area contributed by atoms with Gasteiger partial charge in [0.2, 0.25) is 0 Å². The highest BCUT2D eigenvalue weighted by Gasteiger charge is 2.16. The predicted molar refractivity (Wildman–Crippen MR) is 74.1 cm³/mol. The Hall–Kier alpha value is -2.33. The second-order valence-electron chi connectivity index (χ2n) is 3.74. The molecule has 2 aromatic carbocycles. The zero-order chi connectivity index (χ0) is 13.7. The number of amides is 3. The monoisotopic (exact) mass is 274 g/mol. The van der Waals surface area contributed by atoms with E-state index in [-0.39, 0.29) is 0 Å². The Morgan fingerprint density at radius 1 is 0.895 bits per heavy atom. The van der Waals surface area contributed by atoms with Gasteiger partial charge in [-0.25, -0.2) is 9.21 Å². The molecule has 0 fully saturated rings. The average molecular weight is 275 g/mol. The fourth-order valence-corrected chi connectivity index (χ4v) is 1.64. The van der Waals surface area contributed by atoms with Gasteiger partial charge in [-0.2, -0.15) is 0 Å². The second-order valence-corrected chi connectivity index (χ2v) is 4.08.